The van der Waals surface area contributed by atoms with E-state index < -0.39 is 5.97 Å². The summed E-state index contributed by atoms with van der Waals surface area (Å²) in [7, 11) is 0. The van der Waals surface area contributed by atoms with Crippen molar-refractivity contribution in [3.8, 4) is 11.5 Å². The number of hydrogen-bond acceptors (Lipinski definition) is 3. The Balaban J connectivity index is 1.37. The van der Waals surface area contributed by atoms with Gasteiger partial charge in [0.05, 0.1) is 12.2 Å². The van der Waals surface area contributed by atoms with Crippen molar-refractivity contribution < 1.29 is 19.4 Å². The second-order valence-corrected chi connectivity index (χ2v) is 6.98. The summed E-state index contributed by atoms with van der Waals surface area (Å²) in [6.07, 6.45) is 0.713. The van der Waals surface area contributed by atoms with Gasteiger partial charge in [0.2, 0.25) is 0 Å². The maximum Gasteiger partial charge on any atom is 0.336 e. The molecule has 0 fully saturated rings. The molecule has 0 radical (unpaired) electrons. The van der Waals surface area contributed by atoms with Crippen LogP contribution in [0.5, 0.6) is 11.5 Å². The third-order valence-electron chi connectivity index (χ3n) is 4.92. The molecule has 0 aromatic heterocycles. The molecule has 4 nitrogen and oxygen atoms in total. The summed E-state index contributed by atoms with van der Waals surface area (Å²) in [6.45, 7) is 0.994. The van der Waals surface area contributed by atoms with E-state index in [0.717, 1.165) is 22.3 Å². The minimum atomic E-state index is -0.956. The maximum atomic E-state index is 11.6. The molecule has 1 N–H and O–H groups in total. The zero-order chi connectivity index (χ0) is 20.8. The highest BCUT2D eigenvalue weighted by molar-refractivity contribution is 6.06. The normalized spacial score (nSPS) is 10.7. The van der Waals surface area contributed by atoms with Gasteiger partial charge in [0.25, 0.3) is 0 Å². The van der Waals surface area contributed by atoms with E-state index >= 15 is 0 Å². The molecule has 30 heavy (non-hydrogen) atoms. The maximum absolute atomic E-state index is 11.6. The van der Waals surface area contributed by atoms with Crippen molar-refractivity contribution >= 4 is 16.7 Å². The molecule has 0 amide bonds. The number of fused-ring (bicyclic) bond motifs is 1. The van der Waals surface area contributed by atoms with E-state index in [1.807, 2.05) is 78.9 Å². The van der Waals surface area contributed by atoms with Gasteiger partial charge in [-0.15, -0.1) is 0 Å². The summed E-state index contributed by atoms with van der Waals surface area (Å²) in [5.41, 5.74) is 2.51. The van der Waals surface area contributed by atoms with Gasteiger partial charge in [0.15, 0.2) is 0 Å². The standard InChI is InChI=1S/C26H22O4/c27-26(28)23-10-4-8-21-9-5-11-24(25(21)23)29-17-16-19-12-14-22(15-13-19)30-18-20-6-2-1-3-7-20/h1-15H,16-18H2,(H,27,28). The highest BCUT2D eigenvalue weighted by Crippen LogP contribution is 2.29. The Hall–Kier alpha value is -3.79. The lowest BCUT2D eigenvalue weighted by Gasteiger charge is -2.12. The third-order valence-corrected chi connectivity index (χ3v) is 4.92. The predicted octanol–water partition coefficient (Wildman–Crippen LogP) is 5.74. The van der Waals surface area contributed by atoms with Crippen molar-refractivity contribution in [3.63, 3.8) is 0 Å². The molecule has 4 heteroatoms. The van der Waals surface area contributed by atoms with E-state index in [2.05, 4.69) is 0 Å². The van der Waals surface area contributed by atoms with E-state index in [9.17, 15) is 9.90 Å². The summed E-state index contributed by atoms with van der Waals surface area (Å²) in [5.74, 6) is 0.458. The van der Waals surface area contributed by atoms with Crippen molar-refractivity contribution in [3.05, 3.63) is 108 Å². The number of carboxylic acids is 1. The summed E-state index contributed by atoms with van der Waals surface area (Å²) < 4.78 is 11.8. The largest absolute Gasteiger partial charge is 0.493 e. The Labute approximate surface area is 175 Å². The molecule has 4 aromatic carbocycles. The number of carboxylic acid groups (broad SMARTS) is 1. The number of ether oxygens (including phenoxy) is 2. The first-order valence-corrected chi connectivity index (χ1v) is 9.84. The molecule has 4 aromatic rings. The molecule has 0 atom stereocenters. The number of benzene rings is 4. The zero-order valence-corrected chi connectivity index (χ0v) is 16.5. The number of hydrogen-bond donors (Lipinski definition) is 1. The lowest BCUT2D eigenvalue weighted by atomic mass is 10.0. The second kappa shape index (κ2) is 9.14. The molecule has 0 bridgehead atoms. The quantitative estimate of drug-likeness (QED) is 0.411. The first-order valence-electron chi connectivity index (χ1n) is 9.84. The molecule has 0 heterocycles. The molecular weight excluding hydrogens is 376 g/mol. The fraction of sp³-hybridized carbons (Fsp3) is 0.115. The predicted molar refractivity (Wildman–Crippen MR) is 117 cm³/mol. The van der Waals surface area contributed by atoms with Crippen LogP contribution in [0.2, 0.25) is 0 Å². The van der Waals surface area contributed by atoms with E-state index in [1.165, 1.54) is 0 Å². The fourth-order valence-electron chi connectivity index (χ4n) is 3.38. The van der Waals surface area contributed by atoms with Crippen LogP contribution in [0.25, 0.3) is 10.8 Å². The van der Waals surface area contributed by atoms with Gasteiger partial charge in [-0.25, -0.2) is 4.79 Å². The van der Waals surface area contributed by atoms with Crippen LogP contribution < -0.4 is 9.47 Å². The topological polar surface area (TPSA) is 55.8 Å². The van der Waals surface area contributed by atoms with Crippen LogP contribution in [-0.2, 0) is 13.0 Å². The SMILES string of the molecule is O=C(O)c1cccc2cccc(OCCc3ccc(OCc4ccccc4)cc3)c12. The van der Waals surface area contributed by atoms with Gasteiger partial charge in [-0.05, 0) is 40.8 Å². The van der Waals surface area contributed by atoms with Crippen molar-refractivity contribution in [2.75, 3.05) is 6.61 Å². The number of aromatic carboxylic acids is 1. The van der Waals surface area contributed by atoms with Gasteiger partial charge < -0.3 is 14.6 Å². The summed E-state index contributed by atoms with van der Waals surface area (Å²) in [5, 5.41) is 11.0. The number of carbonyl (C=O) groups is 1. The molecule has 0 unspecified atom stereocenters. The summed E-state index contributed by atoms with van der Waals surface area (Å²) in [4.78, 5) is 11.6. The van der Waals surface area contributed by atoms with Crippen LogP contribution in [0.1, 0.15) is 21.5 Å². The van der Waals surface area contributed by atoms with Crippen molar-refractivity contribution in [1.29, 1.82) is 0 Å². The van der Waals surface area contributed by atoms with E-state index in [1.54, 1.807) is 12.1 Å². The summed E-state index contributed by atoms with van der Waals surface area (Å²) >= 11 is 0. The van der Waals surface area contributed by atoms with Gasteiger partial charge in [0, 0.05) is 11.8 Å². The minimum absolute atomic E-state index is 0.253. The van der Waals surface area contributed by atoms with Gasteiger partial charge in [-0.2, -0.15) is 0 Å². The van der Waals surface area contributed by atoms with Crippen LogP contribution in [0.15, 0.2) is 91.0 Å². The Morgan fingerprint density at radius 2 is 1.47 bits per heavy atom. The monoisotopic (exact) mass is 398 g/mol. The van der Waals surface area contributed by atoms with Crippen LogP contribution >= 0.6 is 0 Å². The lowest BCUT2D eigenvalue weighted by molar-refractivity contribution is 0.0698. The van der Waals surface area contributed by atoms with Crippen molar-refractivity contribution in [1.82, 2.24) is 0 Å². The molecule has 0 aliphatic rings. The molecular formula is C26H22O4. The summed E-state index contributed by atoms with van der Waals surface area (Å²) in [6, 6.07) is 28.8. The molecule has 0 saturated carbocycles. The lowest BCUT2D eigenvalue weighted by Crippen LogP contribution is -2.04. The highest BCUT2D eigenvalue weighted by Gasteiger charge is 2.12. The third kappa shape index (κ3) is 4.61. The van der Waals surface area contributed by atoms with E-state index in [4.69, 9.17) is 9.47 Å². The second-order valence-electron chi connectivity index (χ2n) is 6.98. The van der Waals surface area contributed by atoms with Crippen LogP contribution in [0.4, 0.5) is 0 Å². The Morgan fingerprint density at radius 3 is 2.20 bits per heavy atom. The van der Waals surface area contributed by atoms with E-state index in [0.29, 0.717) is 30.8 Å². The molecule has 0 spiro atoms. The zero-order valence-electron chi connectivity index (χ0n) is 16.5. The molecule has 0 aliphatic carbocycles. The fourth-order valence-corrected chi connectivity index (χ4v) is 3.38. The first-order chi connectivity index (χ1) is 14.7. The van der Waals surface area contributed by atoms with Crippen LogP contribution in [-0.4, -0.2) is 17.7 Å². The van der Waals surface area contributed by atoms with Gasteiger partial charge >= 0.3 is 5.97 Å². The number of rotatable bonds is 8. The Morgan fingerprint density at radius 1 is 0.733 bits per heavy atom. The van der Waals surface area contributed by atoms with Crippen LogP contribution in [0, 0.1) is 0 Å². The Bertz CT molecular complexity index is 1130. The van der Waals surface area contributed by atoms with Gasteiger partial charge in [0.1, 0.15) is 18.1 Å². The molecule has 150 valence electrons. The Kier molecular flexibility index (Phi) is 5.95. The average Bonchev–Trinajstić information content (AvgIpc) is 2.79. The van der Waals surface area contributed by atoms with Crippen LogP contribution in [0.3, 0.4) is 0 Å². The van der Waals surface area contributed by atoms with Crippen molar-refractivity contribution in [2.24, 2.45) is 0 Å². The van der Waals surface area contributed by atoms with Crippen molar-refractivity contribution in [2.45, 2.75) is 13.0 Å². The minimum Gasteiger partial charge on any atom is -0.493 e. The smallest absolute Gasteiger partial charge is 0.336 e. The molecule has 4 rings (SSSR count). The molecule has 0 aliphatic heterocycles. The van der Waals surface area contributed by atoms with Gasteiger partial charge in [-0.3, -0.25) is 0 Å². The average molecular weight is 398 g/mol. The first kappa shape index (κ1) is 19.5. The highest BCUT2D eigenvalue weighted by atomic mass is 16.5. The van der Waals surface area contributed by atoms with E-state index in [-0.39, 0.29) is 5.56 Å². The molecule has 0 saturated heterocycles. The van der Waals surface area contributed by atoms with Gasteiger partial charge in [-0.1, -0.05) is 66.7 Å².